The van der Waals surface area contributed by atoms with Gasteiger partial charge in [-0.05, 0) is 31.0 Å². The number of hydrogen-bond donors (Lipinski definition) is 2. The van der Waals surface area contributed by atoms with Gasteiger partial charge >= 0.3 is 6.61 Å². The van der Waals surface area contributed by atoms with Crippen LogP contribution in [0.3, 0.4) is 0 Å². The summed E-state index contributed by atoms with van der Waals surface area (Å²) in [7, 11) is 0. The second-order valence-electron chi connectivity index (χ2n) is 5.08. The molecule has 1 aromatic rings. The van der Waals surface area contributed by atoms with Crippen molar-refractivity contribution in [1.29, 1.82) is 0 Å². The first-order valence-electron chi connectivity index (χ1n) is 6.79. The first-order chi connectivity index (χ1) is 10.4. The Morgan fingerprint density at radius 3 is 2.70 bits per heavy atom. The van der Waals surface area contributed by atoms with Gasteiger partial charge in [-0.2, -0.15) is 8.78 Å². The molecule has 0 bridgehead atoms. The van der Waals surface area contributed by atoms with Gasteiger partial charge in [0.2, 0.25) is 5.91 Å². The van der Waals surface area contributed by atoms with Crippen molar-refractivity contribution in [3.8, 4) is 5.75 Å². The highest BCUT2D eigenvalue weighted by atomic mass is 79.9. The molecule has 0 saturated carbocycles. The van der Waals surface area contributed by atoms with Crippen LogP contribution in [0.25, 0.3) is 0 Å². The van der Waals surface area contributed by atoms with E-state index >= 15 is 0 Å². The van der Waals surface area contributed by atoms with E-state index in [0.29, 0.717) is 36.1 Å². The van der Waals surface area contributed by atoms with E-state index in [1.807, 2.05) is 0 Å². The standard InChI is InChI=1S/C14H17BrF2N2O3.ClH/c15-10-1-2-11(22-13(16)17)9(7-10)8-19-12(20)14(18)3-5-21-6-4-14;/h1-2,7,13H,3-6,8,18H2,(H,19,20);1H. The number of alkyl halides is 2. The lowest BCUT2D eigenvalue weighted by atomic mass is 9.90. The Bertz CT molecular complexity index is 543. The molecule has 130 valence electrons. The number of amides is 1. The summed E-state index contributed by atoms with van der Waals surface area (Å²) in [6.45, 7) is -2.01. The lowest BCUT2D eigenvalue weighted by Crippen LogP contribution is -2.56. The van der Waals surface area contributed by atoms with E-state index in [4.69, 9.17) is 10.5 Å². The summed E-state index contributed by atoms with van der Waals surface area (Å²) >= 11 is 3.26. The number of hydrogen-bond acceptors (Lipinski definition) is 4. The molecule has 1 amide bonds. The van der Waals surface area contributed by atoms with Crippen molar-refractivity contribution >= 4 is 34.2 Å². The van der Waals surface area contributed by atoms with Gasteiger partial charge in [-0.1, -0.05) is 15.9 Å². The minimum absolute atomic E-state index is 0. The molecule has 1 saturated heterocycles. The Balaban J connectivity index is 0.00000264. The van der Waals surface area contributed by atoms with Gasteiger partial charge < -0.3 is 20.5 Å². The summed E-state index contributed by atoms with van der Waals surface area (Å²) in [6, 6.07) is 4.63. The van der Waals surface area contributed by atoms with Gasteiger partial charge in [0.25, 0.3) is 0 Å². The minimum Gasteiger partial charge on any atom is -0.434 e. The Kier molecular flexibility index (Phi) is 7.66. The number of benzene rings is 1. The van der Waals surface area contributed by atoms with Crippen molar-refractivity contribution in [2.45, 2.75) is 31.5 Å². The Morgan fingerprint density at radius 2 is 2.09 bits per heavy atom. The fraction of sp³-hybridized carbons (Fsp3) is 0.500. The molecule has 1 fully saturated rings. The van der Waals surface area contributed by atoms with Crippen LogP contribution in [0, 0.1) is 0 Å². The molecular weight excluding hydrogens is 398 g/mol. The first-order valence-corrected chi connectivity index (χ1v) is 7.58. The fourth-order valence-corrected chi connectivity index (χ4v) is 2.62. The topological polar surface area (TPSA) is 73.6 Å². The van der Waals surface area contributed by atoms with Crippen molar-refractivity contribution in [2.24, 2.45) is 5.73 Å². The maximum atomic E-state index is 12.4. The normalized spacial score (nSPS) is 16.6. The van der Waals surface area contributed by atoms with E-state index in [1.165, 1.54) is 6.07 Å². The lowest BCUT2D eigenvalue weighted by Gasteiger charge is -2.31. The third kappa shape index (κ3) is 5.56. The minimum atomic E-state index is -2.92. The fourth-order valence-electron chi connectivity index (χ4n) is 2.21. The van der Waals surface area contributed by atoms with Crippen LogP contribution in [0.1, 0.15) is 18.4 Å². The second kappa shape index (κ2) is 8.77. The third-order valence-electron chi connectivity index (χ3n) is 3.52. The predicted octanol–water partition coefficient (Wildman–Crippen LogP) is 2.60. The number of rotatable bonds is 5. The number of nitrogens with two attached hydrogens (primary N) is 1. The number of carbonyl (C=O) groups is 1. The quantitative estimate of drug-likeness (QED) is 0.775. The van der Waals surface area contributed by atoms with E-state index in [9.17, 15) is 13.6 Å². The highest BCUT2D eigenvalue weighted by Gasteiger charge is 2.35. The molecule has 5 nitrogen and oxygen atoms in total. The maximum absolute atomic E-state index is 12.4. The van der Waals surface area contributed by atoms with E-state index in [1.54, 1.807) is 12.1 Å². The first kappa shape index (κ1) is 20.1. The third-order valence-corrected chi connectivity index (χ3v) is 4.01. The van der Waals surface area contributed by atoms with Crippen LogP contribution in [0.5, 0.6) is 5.75 Å². The van der Waals surface area contributed by atoms with Gasteiger partial charge in [0.05, 0.1) is 5.54 Å². The van der Waals surface area contributed by atoms with Crippen molar-refractivity contribution in [1.82, 2.24) is 5.32 Å². The summed E-state index contributed by atoms with van der Waals surface area (Å²) in [5, 5.41) is 2.68. The van der Waals surface area contributed by atoms with Gasteiger partial charge in [0.15, 0.2) is 0 Å². The molecule has 0 aliphatic carbocycles. The van der Waals surface area contributed by atoms with Gasteiger partial charge in [-0.3, -0.25) is 4.79 Å². The van der Waals surface area contributed by atoms with E-state index in [-0.39, 0.29) is 30.6 Å². The largest absolute Gasteiger partial charge is 0.434 e. The maximum Gasteiger partial charge on any atom is 0.387 e. The summed E-state index contributed by atoms with van der Waals surface area (Å²) < 4.78 is 35.1. The molecule has 3 N–H and O–H groups in total. The summed E-state index contributed by atoms with van der Waals surface area (Å²) in [5.41, 5.74) is 5.53. The molecule has 2 rings (SSSR count). The van der Waals surface area contributed by atoms with Crippen LogP contribution < -0.4 is 15.8 Å². The zero-order valence-electron chi connectivity index (χ0n) is 12.2. The van der Waals surface area contributed by atoms with Crippen molar-refractivity contribution in [2.75, 3.05) is 13.2 Å². The van der Waals surface area contributed by atoms with Crippen LogP contribution in [0.4, 0.5) is 8.78 Å². The van der Waals surface area contributed by atoms with Gasteiger partial charge in [0, 0.05) is 29.8 Å². The molecular formula is C14H18BrClF2N2O3. The zero-order valence-corrected chi connectivity index (χ0v) is 14.6. The highest BCUT2D eigenvalue weighted by Crippen LogP contribution is 2.25. The summed E-state index contributed by atoms with van der Waals surface area (Å²) in [6.07, 6.45) is 0.857. The Hall–Kier alpha value is -0.960. The Labute approximate surface area is 147 Å². The van der Waals surface area contributed by atoms with Crippen molar-refractivity contribution in [3.05, 3.63) is 28.2 Å². The molecule has 9 heteroatoms. The number of ether oxygens (including phenoxy) is 2. The molecule has 1 aliphatic rings. The van der Waals surface area contributed by atoms with E-state index in [2.05, 4.69) is 26.0 Å². The predicted molar refractivity (Wildman–Crippen MR) is 86.8 cm³/mol. The van der Waals surface area contributed by atoms with E-state index < -0.39 is 12.2 Å². The lowest BCUT2D eigenvalue weighted by molar-refractivity contribution is -0.129. The monoisotopic (exact) mass is 414 g/mol. The van der Waals surface area contributed by atoms with Crippen molar-refractivity contribution in [3.63, 3.8) is 0 Å². The molecule has 0 aromatic heterocycles. The van der Waals surface area contributed by atoms with Crippen molar-refractivity contribution < 1.29 is 23.0 Å². The van der Waals surface area contributed by atoms with Gasteiger partial charge in [-0.15, -0.1) is 12.4 Å². The van der Waals surface area contributed by atoms with Gasteiger partial charge in [0.1, 0.15) is 5.75 Å². The van der Waals surface area contributed by atoms with Crippen LogP contribution in [-0.4, -0.2) is 31.3 Å². The molecule has 0 radical (unpaired) electrons. The SMILES string of the molecule is Cl.NC1(C(=O)NCc2cc(Br)ccc2OC(F)F)CCOCC1. The molecule has 1 heterocycles. The average molecular weight is 416 g/mol. The summed E-state index contributed by atoms with van der Waals surface area (Å²) in [4.78, 5) is 12.2. The second-order valence-corrected chi connectivity index (χ2v) is 6.00. The molecule has 23 heavy (non-hydrogen) atoms. The van der Waals surface area contributed by atoms with Crippen LogP contribution in [0.2, 0.25) is 0 Å². The smallest absolute Gasteiger partial charge is 0.387 e. The molecule has 1 aromatic carbocycles. The number of nitrogens with one attached hydrogen (secondary N) is 1. The molecule has 0 atom stereocenters. The van der Waals surface area contributed by atoms with Crippen LogP contribution >= 0.6 is 28.3 Å². The highest BCUT2D eigenvalue weighted by molar-refractivity contribution is 9.10. The molecule has 0 unspecified atom stereocenters. The average Bonchev–Trinajstić information content (AvgIpc) is 2.47. The summed E-state index contributed by atoms with van der Waals surface area (Å²) in [5.74, 6) is -0.296. The van der Waals surface area contributed by atoms with E-state index in [0.717, 1.165) is 0 Å². The van der Waals surface area contributed by atoms with Gasteiger partial charge in [-0.25, -0.2) is 0 Å². The van der Waals surface area contributed by atoms with Crippen LogP contribution in [-0.2, 0) is 16.1 Å². The van der Waals surface area contributed by atoms with Crippen LogP contribution in [0.15, 0.2) is 22.7 Å². The molecule has 0 spiro atoms. The zero-order chi connectivity index (χ0) is 16.2. The Morgan fingerprint density at radius 1 is 1.43 bits per heavy atom. The molecule has 1 aliphatic heterocycles. The number of halogens is 4. The number of carbonyl (C=O) groups excluding carboxylic acids is 1.